The van der Waals surface area contributed by atoms with Gasteiger partial charge in [0, 0.05) is 34.7 Å². The van der Waals surface area contributed by atoms with Gasteiger partial charge in [0.25, 0.3) is 0 Å². The highest BCUT2D eigenvalue weighted by Gasteiger charge is 2.18. The van der Waals surface area contributed by atoms with Crippen molar-refractivity contribution in [3.63, 3.8) is 0 Å². The van der Waals surface area contributed by atoms with Crippen molar-refractivity contribution in [2.45, 2.75) is 54.0 Å². The molecule has 1 rings (SSSR count). The quantitative estimate of drug-likeness (QED) is 0.748. The van der Waals surface area contributed by atoms with Gasteiger partial charge in [-0.3, -0.25) is 9.59 Å². The van der Waals surface area contributed by atoms with Gasteiger partial charge in [-0.25, -0.2) is 0 Å². The number of benzene rings is 1. The highest BCUT2D eigenvalue weighted by atomic mass is 16.1. The van der Waals surface area contributed by atoms with Gasteiger partial charge in [0.15, 0.2) is 11.6 Å². The zero-order valence-corrected chi connectivity index (χ0v) is 14.0. The zero-order valence-electron chi connectivity index (χ0n) is 14.0. The molecule has 0 aliphatic heterocycles. The predicted molar refractivity (Wildman–Crippen MR) is 88.2 cm³/mol. The Labute approximate surface area is 128 Å². The van der Waals surface area contributed by atoms with Crippen LogP contribution in [-0.4, -0.2) is 17.6 Å². The molecule has 1 aromatic rings. The number of nitrogens with one attached hydrogen (secondary N) is 1. The highest BCUT2D eigenvalue weighted by molar-refractivity contribution is 6.04. The molecule has 0 saturated carbocycles. The van der Waals surface area contributed by atoms with Gasteiger partial charge in [-0.05, 0) is 38.5 Å². The van der Waals surface area contributed by atoms with Crippen LogP contribution in [0.5, 0.6) is 0 Å². The van der Waals surface area contributed by atoms with E-state index in [1.807, 2.05) is 53.7 Å². The predicted octanol–water partition coefficient (Wildman–Crippen LogP) is 4.57. The van der Waals surface area contributed by atoms with Gasteiger partial charge in [0.2, 0.25) is 0 Å². The maximum Gasteiger partial charge on any atom is 0.165 e. The molecule has 0 aliphatic rings. The van der Waals surface area contributed by atoms with Crippen LogP contribution in [0.4, 0.5) is 5.69 Å². The van der Waals surface area contributed by atoms with Crippen LogP contribution in [0.2, 0.25) is 0 Å². The number of rotatable bonds is 7. The molecule has 0 saturated heterocycles. The van der Waals surface area contributed by atoms with Gasteiger partial charge in [-0.1, -0.05) is 27.7 Å². The van der Waals surface area contributed by atoms with Crippen molar-refractivity contribution in [1.82, 2.24) is 0 Å². The van der Waals surface area contributed by atoms with Crippen LogP contribution in [-0.2, 0) is 0 Å². The van der Waals surface area contributed by atoms with Crippen LogP contribution in [0.25, 0.3) is 0 Å². The number of ketones is 2. The van der Waals surface area contributed by atoms with E-state index in [9.17, 15) is 9.59 Å². The van der Waals surface area contributed by atoms with Crippen molar-refractivity contribution in [2.24, 2.45) is 11.8 Å². The standard InChI is InChI=1S/C18H27NO2/c1-7-13(6)18(21)15-8-14(17(20)11(2)3)9-16(10-15)19-12(4)5/h8-13,19H,7H2,1-6H3. The van der Waals surface area contributed by atoms with Crippen molar-refractivity contribution in [3.05, 3.63) is 29.3 Å². The summed E-state index contributed by atoms with van der Waals surface area (Å²) in [6.07, 6.45) is 0.800. The maximum absolute atomic E-state index is 12.4. The lowest BCUT2D eigenvalue weighted by atomic mass is 9.92. The van der Waals surface area contributed by atoms with Gasteiger partial charge in [-0.15, -0.1) is 0 Å². The van der Waals surface area contributed by atoms with Gasteiger partial charge in [-0.2, -0.15) is 0 Å². The Hall–Kier alpha value is -1.64. The van der Waals surface area contributed by atoms with Gasteiger partial charge in [0.05, 0.1) is 0 Å². The zero-order chi connectivity index (χ0) is 16.2. The summed E-state index contributed by atoms with van der Waals surface area (Å²) in [5, 5.41) is 3.29. The van der Waals surface area contributed by atoms with E-state index in [-0.39, 0.29) is 29.4 Å². The number of hydrogen-bond donors (Lipinski definition) is 1. The lowest BCUT2D eigenvalue weighted by molar-refractivity contribution is 0.0927. The number of anilines is 1. The molecule has 1 unspecified atom stereocenters. The Morgan fingerprint density at radius 1 is 0.952 bits per heavy atom. The minimum atomic E-state index is -0.0779. The number of Topliss-reactive ketones (excluding diaryl/α,β-unsaturated/α-hetero) is 2. The summed E-state index contributed by atoms with van der Waals surface area (Å²) in [5.41, 5.74) is 2.07. The molecule has 116 valence electrons. The summed E-state index contributed by atoms with van der Waals surface area (Å²) < 4.78 is 0. The fourth-order valence-electron chi connectivity index (χ4n) is 2.13. The van der Waals surface area contributed by atoms with Crippen LogP contribution in [0, 0.1) is 11.8 Å². The molecule has 0 aliphatic carbocycles. The lowest BCUT2D eigenvalue weighted by Gasteiger charge is -2.15. The summed E-state index contributed by atoms with van der Waals surface area (Å²) in [4.78, 5) is 24.7. The fourth-order valence-corrected chi connectivity index (χ4v) is 2.13. The van der Waals surface area contributed by atoms with Crippen molar-refractivity contribution in [2.75, 3.05) is 5.32 Å². The number of carbonyl (C=O) groups is 2. The average molecular weight is 289 g/mol. The van der Waals surface area contributed by atoms with Gasteiger partial charge < -0.3 is 5.32 Å². The SMILES string of the molecule is CCC(C)C(=O)c1cc(NC(C)C)cc(C(=O)C(C)C)c1. The molecule has 0 spiro atoms. The van der Waals surface area contributed by atoms with Crippen LogP contribution >= 0.6 is 0 Å². The average Bonchev–Trinajstić information content (AvgIpc) is 2.43. The van der Waals surface area contributed by atoms with E-state index in [4.69, 9.17) is 0 Å². The van der Waals surface area contributed by atoms with Crippen molar-refractivity contribution in [1.29, 1.82) is 0 Å². The van der Waals surface area contributed by atoms with E-state index in [1.165, 1.54) is 0 Å². The molecular weight excluding hydrogens is 262 g/mol. The Bertz CT molecular complexity index is 518. The first kappa shape index (κ1) is 17.4. The number of hydrogen-bond acceptors (Lipinski definition) is 3. The van der Waals surface area contributed by atoms with E-state index < -0.39 is 0 Å². The van der Waals surface area contributed by atoms with E-state index in [2.05, 4.69) is 5.32 Å². The van der Waals surface area contributed by atoms with Gasteiger partial charge in [0.1, 0.15) is 0 Å². The topological polar surface area (TPSA) is 46.2 Å². The summed E-state index contributed by atoms with van der Waals surface area (Å²) >= 11 is 0. The summed E-state index contributed by atoms with van der Waals surface area (Å²) in [7, 11) is 0. The Kier molecular flexibility index (Phi) is 6.13. The first-order chi connectivity index (χ1) is 9.76. The summed E-state index contributed by atoms with van der Waals surface area (Å²) in [6, 6.07) is 5.69. The molecule has 21 heavy (non-hydrogen) atoms. The maximum atomic E-state index is 12.4. The van der Waals surface area contributed by atoms with Crippen LogP contribution in [0.3, 0.4) is 0 Å². The largest absolute Gasteiger partial charge is 0.383 e. The van der Waals surface area contributed by atoms with Crippen molar-refractivity contribution >= 4 is 17.3 Å². The van der Waals surface area contributed by atoms with Crippen LogP contribution in [0.1, 0.15) is 68.7 Å². The smallest absolute Gasteiger partial charge is 0.165 e. The molecular formula is C18H27NO2. The Morgan fingerprint density at radius 2 is 1.48 bits per heavy atom. The number of carbonyl (C=O) groups excluding carboxylic acids is 2. The first-order valence-electron chi connectivity index (χ1n) is 7.76. The molecule has 1 N–H and O–H groups in total. The van der Waals surface area contributed by atoms with E-state index in [1.54, 1.807) is 6.07 Å². The third-order valence-electron chi connectivity index (χ3n) is 3.54. The molecule has 0 amide bonds. The van der Waals surface area contributed by atoms with Gasteiger partial charge >= 0.3 is 0 Å². The molecule has 3 heteroatoms. The van der Waals surface area contributed by atoms with E-state index in [0.717, 1.165) is 12.1 Å². The van der Waals surface area contributed by atoms with Crippen LogP contribution < -0.4 is 5.32 Å². The minimum absolute atomic E-state index is 0.0266. The second-order valence-electron chi connectivity index (χ2n) is 6.29. The lowest BCUT2D eigenvalue weighted by Crippen LogP contribution is -2.16. The second kappa shape index (κ2) is 7.39. The third kappa shape index (κ3) is 4.69. The normalized spacial score (nSPS) is 12.6. The molecule has 0 aromatic heterocycles. The molecule has 0 bridgehead atoms. The Balaban J connectivity index is 3.27. The van der Waals surface area contributed by atoms with E-state index in [0.29, 0.717) is 11.1 Å². The van der Waals surface area contributed by atoms with E-state index >= 15 is 0 Å². The molecule has 3 nitrogen and oxygen atoms in total. The second-order valence-corrected chi connectivity index (χ2v) is 6.29. The Morgan fingerprint density at radius 3 is 1.90 bits per heavy atom. The summed E-state index contributed by atoms with van der Waals surface area (Å²) in [6.45, 7) is 11.7. The van der Waals surface area contributed by atoms with Crippen molar-refractivity contribution in [3.8, 4) is 0 Å². The molecule has 1 aromatic carbocycles. The highest BCUT2D eigenvalue weighted by Crippen LogP contribution is 2.22. The molecule has 1 atom stereocenters. The minimum Gasteiger partial charge on any atom is -0.383 e. The molecule has 0 heterocycles. The van der Waals surface area contributed by atoms with Crippen molar-refractivity contribution < 1.29 is 9.59 Å². The monoisotopic (exact) mass is 289 g/mol. The molecule has 0 fully saturated rings. The fraction of sp³-hybridized carbons (Fsp3) is 0.556. The van der Waals surface area contributed by atoms with Crippen LogP contribution in [0.15, 0.2) is 18.2 Å². The molecule has 0 radical (unpaired) electrons. The third-order valence-corrected chi connectivity index (χ3v) is 3.54. The summed E-state index contributed by atoms with van der Waals surface area (Å²) in [5.74, 6) is 0.0653. The first-order valence-corrected chi connectivity index (χ1v) is 7.76.